The van der Waals surface area contributed by atoms with Crippen molar-refractivity contribution < 1.29 is 0 Å². The van der Waals surface area contributed by atoms with Gasteiger partial charge in [0.05, 0.1) is 0 Å². The second-order valence-electron chi connectivity index (χ2n) is 4.80. The zero-order valence-electron chi connectivity index (χ0n) is 9.47. The number of allylic oxidation sites excluding steroid dienone is 1. The van der Waals surface area contributed by atoms with Crippen LogP contribution in [0.5, 0.6) is 0 Å². The lowest BCUT2D eigenvalue weighted by Crippen LogP contribution is -2.38. The van der Waals surface area contributed by atoms with Crippen LogP contribution in [0.2, 0.25) is 0 Å². The van der Waals surface area contributed by atoms with Crippen molar-refractivity contribution in [3.63, 3.8) is 0 Å². The monoisotopic (exact) mass is 193 g/mol. The van der Waals surface area contributed by atoms with E-state index in [-0.39, 0.29) is 0 Å². The number of nitrogens with zero attached hydrogens (tertiary/aromatic N) is 1. The second-order valence-corrected chi connectivity index (χ2v) is 4.80. The van der Waals surface area contributed by atoms with Crippen LogP contribution in [0.15, 0.2) is 11.6 Å². The highest BCUT2D eigenvalue weighted by Crippen LogP contribution is 2.25. The largest absolute Gasteiger partial charge is 0.297 e. The minimum Gasteiger partial charge on any atom is -0.297 e. The zero-order valence-corrected chi connectivity index (χ0v) is 9.47. The van der Waals surface area contributed by atoms with Gasteiger partial charge in [-0.25, -0.2) is 0 Å². The van der Waals surface area contributed by atoms with Gasteiger partial charge < -0.3 is 0 Å². The molecule has 0 spiro atoms. The number of piperidine rings is 1. The lowest BCUT2D eigenvalue weighted by atomic mass is 9.93. The highest BCUT2D eigenvalue weighted by molar-refractivity contribution is 5.12. The molecule has 1 aliphatic heterocycles. The minimum atomic E-state index is 0.732. The summed E-state index contributed by atoms with van der Waals surface area (Å²) in [6.07, 6.45) is 12.3. The molecule has 1 heteroatoms. The van der Waals surface area contributed by atoms with E-state index >= 15 is 0 Å². The Hall–Kier alpha value is -0.300. The van der Waals surface area contributed by atoms with Crippen LogP contribution in [-0.4, -0.2) is 24.0 Å². The van der Waals surface area contributed by atoms with Gasteiger partial charge in [0, 0.05) is 6.04 Å². The Labute approximate surface area is 88.2 Å². The van der Waals surface area contributed by atoms with Gasteiger partial charge in [0.1, 0.15) is 0 Å². The van der Waals surface area contributed by atoms with Gasteiger partial charge in [-0.1, -0.05) is 18.1 Å². The van der Waals surface area contributed by atoms with E-state index in [2.05, 4.69) is 17.9 Å². The van der Waals surface area contributed by atoms with Crippen LogP contribution in [0.3, 0.4) is 0 Å². The summed E-state index contributed by atoms with van der Waals surface area (Å²) in [5, 5.41) is 0. The maximum atomic E-state index is 2.68. The molecule has 0 radical (unpaired) electrons. The first kappa shape index (κ1) is 10.2. The van der Waals surface area contributed by atoms with E-state index < -0.39 is 0 Å². The number of likely N-dealkylation sites (tertiary alicyclic amines) is 1. The Balaban J connectivity index is 1.91. The van der Waals surface area contributed by atoms with E-state index in [0.29, 0.717) is 0 Å². The summed E-state index contributed by atoms with van der Waals surface area (Å²) in [6.45, 7) is 5.07. The zero-order chi connectivity index (χ0) is 9.80. The first-order valence-electron chi connectivity index (χ1n) is 6.31. The smallest absolute Gasteiger partial charge is 0.0279 e. The van der Waals surface area contributed by atoms with Crippen molar-refractivity contribution in [1.82, 2.24) is 4.90 Å². The SMILES string of the molecule is CC(C1=CCCCC1)N1CCCCC1. The summed E-state index contributed by atoms with van der Waals surface area (Å²) in [7, 11) is 0. The van der Waals surface area contributed by atoms with Crippen molar-refractivity contribution in [3.05, 3.63) is 11.6 Å². The van der Waals surface area contributed by atoms with Gasteiger partial charge >= 0.3 is 0 Å². The molecule has 0 bridgehead atoms. The second kappa shape index (κ2) is 4.97. The highest BCUT2D eigenvalue weighted by atomic mass is 15.2. The van der Waals surface area contributed by atoms with E-state index in [1.54, 1.807) is 5.57 Å². The molecule has 1 atom stereocenters. The molecular weight excluding hydrogens is 170 g/mol. The first-order chi connectivity index (χ1) is 6.88. The van der Waals surface area contributed by atoms with Crippen LogP contribution >= 0.6 is 0 Å². The summed E-state index contributed by atoms with van der Waals surface area (Å²) in [4.78, 5) is 2.68. The van der Waals surface area contributed by atoms with E-state index in [1.807, 2.05) is 0 Å². The van der Waals surface area contributed by atoms with E-state index in [0.717, 1.165) is 6.04 Å². The van der Waals surface area contributed by atoms with Crippen molar-refractivity contribution in [3.8, 4) is 0 Å². The number of rotatable bonds is 2. The van der Waals surface area contributed by atoms with Crippen LogP contribution < -0.4 is 0 Å². The molecule has 0 aromatic heterocycles. The average Bonchev–Trinajstić information content (AvgIpc) is 2.30. The lowest BCUT2D eigenvalue weighted by Gasteiger charge is -2.34. The summed E-state index contributed by atoms with van der Waals surface area (Å²) in [5.74, 6) is 0. The summed E-state index contributed by atoms with van der Waals surface area (Å²) >= 11 is 0. The predicted molar refractivity (Wildman–Crippen MR) is 61.4 cm³/mol. The van der Waals surface area contributed by atoms with Crippen LogP contribution in [0.1, 0.15) is 51.9 Å². The van der Waals surface area contributed by atoms with Crippen LogP contribution in [0.4, 0.5) is 0 Å². The Morgan fingerprint density at radius 3 is 2.50 bits per heavy atom. The minimum absolute atomic E-state index is 0.732. The van der Waals surface area contributed by atoms with Crippen molar-refractivity contribution >= 4 is 0 Å². The number of hydrogen-bond donors (Lipinski definition) is 0. The van der Waals surface area contributed by atoms with Crippen molar-refractivity contribution in [2.24, 2.45) is 0 Å². The van der Waals surface area contributed by atoms with Gasteiger partial charge in [0.15, 0.2) is 0 Å². The molecule has 0 N–H and O–H groups in total. The van der Waals surface area contributed by atoms with Gasteiger partial charge in [-0.2, -0.15) is 0 Å². The average molecular weight is 193 g/mol. The van der Waals surface area contributed by atoms with Crippen LogP contribution in [-0.2, 0) is 0 Å². The molecule has 1 nitrogen and oxygen atoms in total. The molecule has 2 aliphatic rings. The van der Waals surface area contributed by atoms with Crippen molar-refractivity contribution in [1.29, 1.82) is 0 Å². The molecule has 80 valence electrons. The molecule has 0 aromatic carbocycles. The summed E-state index contributed by atoms with van der Waals surface area (Å²) < 4.78 is 0. The van der Waals surface area contributed by atoms with E-state index in [4.69, 9.17) is 0 Å². The van der Waals surface area contributed by atoms with Crippen LogP contribution in [0.25, 0.3) is 0 Å². The fraction of sp³-hybridized carbons (Fsp3) is 0.846. The first-order valence-corrected chi connectivity index (χ1v) is 6.31. The molecule has 1 saturated heterocycles. The summed E-state index contributed by atoms with van der Waals surface area (Å²) in [5.41, 5.74) is 1.72. The third kappa shape index (κ3) is 2.38. The maximum Gasteiger partial charge on any atom is 0.0279 e. The van der Waals surface area contributed by atoms with E-state index in [9.17, 15) is 0 Å². The topological polar surface area (TPSA) is 3.24 Å². The van der Waals surface area contributed by atoms with E-state index in [1.165, 1.54) is 58.0 Å². The predicted octanol–water partition coefficient (Wildman–Crippen LogP) is 3.36. The molecule has 2 rings (SSSR count). The lowest BCUT2D eigenvalue weighted by molar-refractivity contribution is 0.190. The molecule has 1 unspecified atom stereocenters. The highest BCUT2D eigenvalue weighted by Gasteiger charge is 2.20. The normalized spacial score (nSPS) is 27.1. The Bertz CT molecular complexity index is 201. The molecule has 0 saturated carbocycles. The van der Waals surface area contributed by atoms with Crippen LogP contribution in [0, 0.1) is 0 Å². The Morgan fingerprint density at radius 2 is 1.86 bits per heavy atom. The Kier molecular flexibility index (Phi) is 3.63. The fourth-order valence-electron chi connectivity index (χ4n) is 2.78. The fourth-order valence-corrected chi connectivity index (χ4v) is 2.78. The molecule has 0 aromatic rings. The Morgan fingerprint density at radius 1 is 1.07 bits per heavy atom. The van der Waals surface area contributed by atoms with Gasteiger partial charge in [0.25, 0.3) is 0 Å². The molecule has 0 amide bonds. The third-order valence-electron chi connectivity index (χ3n) is 3.80. The molecule has 1 heterocycles. The molecule has 1 fully saturated rings. The van der Waals surface area contributed by atoms with Gasteiger partial charge in [-0.15, -0.1) is 0 Å². The van der Waals surface area contributed by atoms with Gasteiger partial charge in [0.2, 0.25) is 0 Å². The maximum absolute atomic E-state index is 2.68. The van der Waals surface area contributed by atoms with Gasteiger partial charge in [-0.05, 0) is 58.5 Å². The molecular formula is C13H23N. The summed E-state index contributed by atoms with van der Waals surface area (Å²) in [6, 6.07) is 0.732. The molecule has 14 heavy (non-hydrogen) atoms. The van der Waals surface area contributed by atoms with Crippen molar-refractivity contribution in [2.45, 2.75) is 57.9 Å². The molecule has 1 aliphatic carbocycles. The van der Waals surface area contributed by atoms with Crippen molar-refractivity contribution in [2.75, 3.05) is 13.1 Å². The quantitative estimate of drug-likeness (QED) is 0.608. The number of hydrogen-bond acceptors (Lipinski definition) is 1. The third-order valence-corrected chi connectivity index (χ3v) is 3.80. The van der Waals surface area contributed by atoms with Gasteiger partial charge in [-0.3, -0.25) is 4.90 Å². The standard InChI is InChI=1S/C13H23N/c1-12(13-8-4-2-5-9-13)14-10-6-3-7-11-14/h8,12H,2-7,9-11H2,1H3.